The summed E-state index contributed by atoms with van der Waals surface area (Å²) in [5, 5.41) is 0. The lowest BCUT2D eigenvalue weighted by atomic mass is 9.33. The standard InChI is InChI=1S/C52H46BN3/c1-35-21-25-40(26-22-35)54(41-27-23-36(2)24-28-41)42-33-47-49-48(34-42)56-50-43(51(3)29-13-14-30-52(51,56)4)31-38(37-15-7-5-8-16-37)32-45(50)53(49)44-19-11-12-20-46(44)55(47)39-17-9-6-10-18-39/h5-12,15-28,31-34H,13-14,29-30H2,1-4H3. The van der Waals surface area contributed by atoms with Crippen LogP contribution < -0.4 is 31.1 Å². The Labute approximate surface area is 332 Å². The second kappa shape index (κ2) is 12.3. The van der Waals surface area contributed by atoms with Crippen LogP contribution in [-0.2, 0) is 5.41 Å². The summed E-state index contributed by atoms with van der Waals surface area (Å²) >= 11 is 0. The molecular weight excluding hydrogens is 677 g/mol. The summed E-state index contributed by atoms with van der Waals surface area (Å²) in [6.07, 6.45) is 4.83. The van der Waals surface area contributed by atoms with Crippen LogP contribution in [0.5, 0.6) is 0 Å². The SMILES string of the molecule is Cc1ccc(N(c2ccc(C)cc2)c2cc3c4c(c2)N2c5c(cc(-c6ccccc6)cc5C5(C)CCCCC25C)B4c2ccccc2N3c2ccccc2)cc1. The van der Waals surface area contributed by atoms with Crippen molar-refractivity contribution >= 4 is 68.6 Å². The third-order valence-electron chi connectivity index (χ3n) is 13.9. The van der Waals surface area contributed by atoms with Gasteiger partial charge in [-0.1, -0.05) is 128 Å². The Balaban J connectivity index is 1.27. The maximum absolute atomic E-state index is 2.85. The summed E-state index contributed by atoms with van der Waals surface area (Å²) in [5.41, 5.74) is 20.7. The van der Waals surface area contributed by atoms with Crippen LogP contribution in [0.4, 0.5) is 45.5 Å². The molecule has 3 nitrogen and oxygen atoms in total. The van der Waals surface area contributed by atoms with Gasteiger partial charge in [0.2, 0.25) is 0 Å². The highest BCUT2D eigenvalue weighted by Gasteiger charge is 2.61. The van der Waals surface area contributed by atoms with Crippen molar-refractivity contribution in [2.24, 2.45) is 0 Å². The van der Waals surface area contributed by atoms with Crippen LogP contribution >= 0.6 is 0 Å². The molecule has 0 N–H and O–H groups in total. The average molecular weight is 724 g/mol. The number of aryl methyl sites for hydroxylation is 2. The minimum Gasteiger partial charge on any atom is -0.335 e. The van der Waals surface area contributed by atoms with Crippen LogP contribution in [0.25, 0.3) is 11.1 Å². The van der Waals surface area contributed by atoms with E-state index >= 15 is 0 Å². The van der Waals surface area contributed by atoms with Gasteiger partial charge >= 0.3 is 0 Å². The first kappa shape index (κ1) is 33.4. The van der Waals surface area contributed by atoms with Crippen molar-refractivity contribution in [2.45, 2.75) is 64.3 Å². The first-order chi connectivity index (χ1) is 27.3. The maximum Gasteiger partial charge on any atom is 0.252 e. The Morgan fingerprint density at radius 2 is 1.14 bits per heavy atom. The summed E-state index contributed by atoms with van der Waals surface area (Å²) in [4.78, 5) is 7.87. The highest BCUT2D eigenvalue weighted by Crippen LogP contribution is 2.62. The molecule has 7 aromatic rings. The van der Waals surface area contributed by atoms with Crippen LogP contribution in [0, 0.1) is 13.8 Å². The smallest absolute Gasteiger partial charge is 0.252 e. The molecule has 2 atom stereocenters. The zero-order chi connectivity index (χ0) is 37.8. The second-order valence-electron chi connectivity index (χ2n) is 17.0. The lowest BCUT2D eigenvalue weighted by Gasteiger charge is -2.53. The van der Waals surface area contributed by atoms with Gasteiger partial charge in [-0.05, 0) is 127 Å². The monoisotopic (exact) mass is 723 g/mol. The number of fused-ring (bicyclic) bond motifs is 7. The fraction of sp³-hybridized carbons (Fsp3) is 0.192. The Morgan fingerprint density at radius 1 is 0.536 bits per heavy atom. The van der Waals surface area contributed by atoms with E-state index in [1.54, 1.807) is 0 Å². The highest BCUT2D eigenvalue weighted by molar-refractivity contribution is 7.00. The molecule has 0 radical (unpaired) electrons. The molecule has 4 aliphatic rings. The Bertz CT molecular complexity index is 2610. The predicted octanol–water partition coefficient (Wildman–Crippen LogP) is 11.8. The van der Waals surface area contributed by atoms with E-state index in [0.717, 1.165) is 17.8 Å². The van der Waals surface area contributed by atoms with Gasteiger partial charge < -0.3 is 14.7 Å². The molecule has 1 aliphatic carbocycles. The number of rotatable bonds is 5. The van der Waals surface area contributed by atoms with Gasteiger partial charge in [-0.15, -0.1) is 0 Å². The van der Waals surface area contributed by atoms with Crippen LogP contribution in [-0.4, -0.2) is 12.3 Å². The van der Waals surface area contributed by atoms with Crippen molar-refractivity contribution in [3.05, 3.63) is 174 Å². The molecule has 56 heavy (non-hydrogen) atoms. The van der Waals surface area contributed by atoms with E-state index in [1.807, 2.05) is 0 Å². The summed E-state index contributed by atoms with van der Waals surface area (Å²) in [5.74, 6) is 0. The lowest BCUT2D eigenvalue weighted by molar-refractivity contribution is 0.195. The van der Waals surface area contributed by atoms with Gasteiger partial charge in [-0.25, -0.2) is 0 Å². The number of para-hydroxylation sites is 2. The topological polar surface area (TPSA) is 9.72 Å². The van der Waals surface area contributed by atoms with Crippen molar-refractivity contribution < 1.29 is 0 Å². The fourth-order valence-corrected chi connectivity index (χ4v) is 10.9. The number of hydrogen-bond donors (Lipinski definition) is 0. The number of anilines is 8. The summed E-state index contributed by atoms with van der Waals surface area (Å²) in [6, 6.07) is 59.5. The van der Waals surface area contributed by atoms with Gasteiger partial charge in [0.15, 0.2) is 0 Å². The van der Waals surface area contributed by atoms with Gasteiger partial charge in [0, 0.05) is 45.2 Å². The van der Waals surface area contributed by atoms with Gasteiger partial charge in [-0.3, -0.25) is 0 Å². The zero-order valence-electron chi connectivity index (χ0n) is 32.8. The zero-order valence-corrected chi connectivity index (χ0v) is 32.8. The van der Waals surface area contributed by atoms with Gasteiger partial charge in [0.25, 0.3) is 6.71 Å². The van der Waals surface area contributed by atoms with Crippen molar-refractivity contribution in [2.75, 3.05) is 14.7 Å². The molecule has 4 heteroatoms. The van der Waals surface area contributed by atoms with E-state index in [2.05, 4.69) is 200 Å². The normalized spacial score (nSPS) is 19.9. The second-order valence-corrected chi connectivity index (χ2v) is 17.0. The quantitative estimate of drug-likeness (QED) is 0.164. The summed E-state index contributed by atoms with van der Waals surface area (Å²) in [7, 11) is 0. The van der Waals surface area contributed by atoms with Crippen LogP contribution in [0.3, 0.4) is 0 Å². The van der Waals surface area contributed by atoms with E-state index in [9.17, 15) is 0 Å². The molecule has 1 fully saturated rings. The van der Waals surface area contributed by atoms with Crippen LogP contribution in [0.2, 0.25) is 0 Å². The predicted molar refractivity (Wildman–Crippen MR) is 238 cm³/mol. The molecule has 0 saturated heterocycles. The van der Waals surface area contributed by atoms with E-state index in [4.69, 9.17) is 0 Å². The molecular formula is C52H46BN3. The molecule has 2 unspecified atom stereocenters. The van der Waals surface area contributed by atoms with Crippen molar-refractivity contribution in [3.8, 4) is 11.1 Å². The minimum atomic E-state index is -0.0951. The Kier molecular flexibility index (Phi) is 7.30. The van der Waals surface area contributed by atoms with Gasteiger partial charge in [0.05, 0.1) is 11.2 Å². The first-order valence-electron chi connectivity index (χ1n) is 20.4. The molecule has 7 aromatic carbocycles. The number of hydrogen-bond acceptors (Lipinski definition) is 3. The van der Waals surface area contributed by atoms with Crippen molar-refractivity contribution in [3.63, 3.8) is 0 Å². The van der Waals surface area contributed by atoms with Gasteiger partial charge in [0.1, 0.15) is 0 Å². The summed E-state index contributed by atoms with van der Waals surface area (Å²) < 4.78 is 0. The molecule has 0 bridgehead atoms. The van der Waals surface area contributed by atoms with E-state index in [0.29, 0.717) is 0 Å². The lowest BCUT2D eigenvalue weighted by Crippen LogP contribution is -2.64. The highest BCUT2D eigenvalue weighted by atomic mass is 15.3. The molecule has 0 spiro atoms. The fourth-order valence-electron chi connectivity index (χ4n) is 10.9. The molecule has 1 saturated carbocycles. The Hall–Kier alpha value is -6.00. The maximum atomic E-state index is 2.85. The molecule has 272 valence electrons. The largest absolute Gasteiger partial charge is 0.335 e. The molecule has 0 amide bonds. The number of benzene rings is 7. The van der Waals surface area contributed by atoms with E-state index in [-0.39, 0.29) is 17.7 Å². The third-order valence-corrected chi connectivity index (χ3v) is 13.9. The van der Waals surface area contributed by atoms with E-state index in [1.165, 1.54) is 97.6 Å². The van der Waals surface area contributed by atoms with Crippen LogP contribution in [0.15, 0.2) is 158 Å². The minimum absolute atomic E-state index is 0.0112. The number of nitrogens with zero attached hydrogens (tertiary/aromatic N) is 3. The molecule has 3 heterocycles. The third kappa shape index (κ3) is 4.65. The van der Waals surface area contributed by atoms with E-state index < -0.39 is 0 Å². The molecule has 3 aliphatic heterocycles. The summed E-state index contributed by atoms with van der Waals surface area (Å²) in [6.45, 7) is 9.60. The van der Waals surface area contributed by atoms with Crippen molar-refractivity contribution in [1.82, 2.24) is 0 Å². The van der Waals surface area contributed by atoms with Gasteiger partial charge in [-0.2, -0.15) is 0 Å². The first-order valence-corrected chi connectivity index (χ1v) is 20.4. The molecule has 11 rings (SSSR count). The van der Waals surface area contributed by atoms with Crippen molar-refractivity contribution in [1.29, 1.82) is 0 Å². The average Bonchev–Trinajstić information content (AvgIpc) is 3.44. The van der Waals surface area contributed by atoms with Crippen LogP contribution in [0.1, 0.15) is 56.2 Å². The molecule has 0 aromatic heterocycles. The Morgan fingerprint density at radius 3 is 1.84 bits per heavy atom.